The molecule has 2 heterocycles. The lowest BCUT2D eigenvalue weighted by molar-refractivity contribution is 0.785. The monoisotopic (exact) mass is 149 g/mol. The first-order valence-corrected chi connectivity index (χ1v) is 3.28. The van der Waals surface area contributed by atoms with Crippen molar-refractivity contribution < 1.29 is 0 Å². The maximum absolute atomic E-state index is 10.8. The molecule has 0 aromatic carbocycles. The van der Waals surface area contributed by atoms with Crippen LogP contribution in [0.1, 0.15) is 0 Å². The summed E-state index contributed by atoms with van der Waals surface area (Å²) < 4.78 is 1.64. The summed E-state index contributed by atoms with van der Waals surface area (Å²) in [7, 11) is 1.79. The van der Waals surface area contributed by atoms with Crippen molar-refractivity contribution in [3.8, 4) is 0 Å². The van der Waals surface area contributed by atoms with Gasteiger partial charge in [0.15, 0.2) is 0 Å². The van der Waals surface area contributed by atoms with Crippen molar-refractivity contribution in [3.63, 3.8) is 0 Å². The first-order chi connectivity index (χ1) is 5.27. The summed E-state index contributed by atoms with van der Waals surface area (Å²) in [4.78, 5) is 13.5. The summed E-state index contributed by atoms with van der Waals surface area (Å²) in [5.41, 5.74) is 0.665. The van der Waals surface area contributed by atoms with Gasteiger partial charge in [-0.05, 0) is 6.07 Å². The molecule has 0 amide bonds. The molecule has 2 aromatic rings. The van der Waals surface area contributed by atoms with Crippen LogP contribution in [0.15, 0.2) is 23.1 Å². The first kappa shape index (κ1) is 6.15. The number of nitrogens with one attached hydrogen (secondary N) is 1. The van der Waals surface area contributed by atoms with Crippen molar-refractivity contribution in [2.75, 3.05) is 0 Å². The molecule has 11 heavy (non-hydrogen) atoms. The summed E-state index contributed by atoms with van der Waals surface area (Å²) in [6.45, 7) is 0. The van der Waals surface area contributed by atoms with Crippen molar-refractivity contribution in [2.45, 2.75) is 0 Å². The number of H-pyrrole nitrogens is 1. The average Bonchev–Trinajstić information content (AvgIpc) is 2.33. The van der Waals surface area contributed by atoms with Crippen LogP contribution in [0.25, 0.3) is 11.0 Å². The number of pyridine rings is 1. The topological polar surface area (TPSA) is 50.7 Å². The summed E-state index contributed by atoms with van der Waals surface area (Å²) in [5, 5.41) is 4.93. The largest absolute Gasteiger partial charge is 0.307 e. The fourth-order valence-corrected chi connectivity index (χ4v) is 1.05. The molecule has 56 valence electrons. The summed E-state index contributed by atoms with van der Waals surface area (Å²) in [6.07, 6.45) is 1.71. The molecule has 1 N–H and O–H groups in total. The summed E-state index contributed by atoms with van der Waals surface area (Å²) >= 11 is 0. The highest BCUT2D eigenvalue weighted by atomic mass is 16.1. The van der Waals surface area contributed by atoms with Gasteiger partial charge in [-0.25, -0.2) is 0 Å². The predicted octanol–water partition coefficient (Wildman–Crippen LogP) is 0.262. The lowest BCUT2D eigenvalue weighted by Crippen LogP contribution is -2.04. The van der Waals surface area contributed by atoms with Gasteiger partial charge in [0, 0.05) is 18.5 Å². The van der Waals surface area contributed by atoms with E-state index in [0.717, 1.165) is 11.0 Å². The van der Waals surface area contributed by atoms with E-state index in [1.54, 1.807) is 24.0 Å². The van der Waals surface area contributed by atoms with E-state index in [0.29, 0.717) is 0 Å². The molecule has 0 atom stereocenters. The highest BCUT2D eigenvalue weighted by Gasteiger charge is 1.97. The third kappa shape index (κ3) is 0.832. The Labute approximate surface area is 62.5 Å². The van der Waals surface area contributed by atoms with E-state index in [1.807, 2.05) is 0 Å². The predicted molar refractivity (Wildman–Crippen MR) is 41.3 cm³/mol. The maximum atomic E-state index is 10.8. The van der Waals surface area contributed by atoms with E-state index in [-0.39, 0.29) is 5.56 Å². The van der Waals surface area contributed by atoms with Gasteiger partial charge in [0.2, 0.25) is 5.56 Å². The van der Waals surface area contributed by atoms with Crippen LogP contribution in [0.4, 0.5) is 0 Å². The highest BCUT2D eigenvalue weighted by Crippen LogP contribution is 2.04. The van der Waals surface area contributed by atoms with E-state index in [4.69, 9.17) is 0 Å². The lowest BCUT2D eigenvalue weighted by atomic mass is 10.4. The van der Waals surface area contributed by atoms with Gasteiger partial charge in [-0.15, -0.1) is 0 Å². The minimum atomic E-state index is -0.0962. The van der Waals surface area contributed by atoms with Crippen molar-refractivity contribution in [3.05, 3.63) is 28.7 Å². The van der Waals surface area contributed by atoms with Crippen LogP contribution < -0.4 is 5.56 Å². The van der Waals surface area contributed by atoms with Crippen LogP contribution in [0, 0.1) is 0 Å². The van der Waals surface area contributed by atoms with Crippen molar-refractivity contribution in [2.24, 2.45) is 7.05 Å². The van der Waals surface area contributed by atoms with Crippen molar-refractivity contribution in [1.29, 1.82) is 0 Å². The number of nitrogens with zero attached hydrogens (tertiary/aromatic N) is 2. The van der Waals surface area contributed by atoms with Crippen LogP contribution >= 0.6 is 0 Å². The van der Waals surface area contributed by atoms with Gasteiger partial charge in [0.05, 0.1) is 6.20 Å². The quantitative estimate of drug-likeness (QED) is 0.584. The molecule has 2 aromatic heterocycles. The van der Waals surface area contributed by atoms with Gasteiger partial charge in [0.1, 0.15) is 5.65 Å². The minimum absolute atomic E-state index is 0.0962. The molecule has 2 rings (SSSR count). The molecule has 0 unspecified atom stereocenters. The Balaban J connectivity index is 2.98. The zero-order valence-electron chi connectivity index (χ0n) is 6.03. The Bertz CT molecular complexity index is 440. The number of hydrogen-bond acceptors (Lipinski definition) is 2. The van der Waals surface area contributed by atoms with E-state index in [1.165, 1.54) is 6.07 Å². The molecule has 0 aliphatic heterocycles. The van der Waals surface area contributed by atoms with Gasteiger partial charge >= 0.3 is 0 Å². The minimum Gasteiger partial charge on any atom is -0.307 e. The van der Waals surface area contributed by atoms with Gasteiger partial charge in [-0.2, -0.15) is 5.10 Å². The second-order valence-corrected chi connectivity index (χ2v) is 2.39. The summed E-state index contributed by atoms with van der Waals surface area (Å²) in [5.74, 6) is 0. The number of rotatable bonds is 0. The van der Waals surface area contributed by atoms with Crippen LogP contribution in [0.2, 0.25) is 0 Å². The van der Waals surface area contributed by atoms with Gasteiger partial charge < -0.3 is 4.98 Å². The van der Waals surface area contributed by atoms with Gasteiger partial charge in [-0.1, -0.05) is 0 Å². The second kappa shape index (κ2) is 1.95. The SMILES string of the molecule is Cn1ncc2ccc(=O)[nH]c21. The smallest absolute Gasteiger partial charge is 0.249 e. The Morgan fingerprint density at radius 1 is 1.55 bits per heavy atom. The maximum Gasteiger partial charge on any atom is 0.249 e. The third-order valence-corrected chi connectivity index (χ3v) is 1.62. The van der Waals surface area contributed by atoms with Gasteiger partial charge in [0.25, 0.3) is 0 Å². The van der Waals surface area contributed by atoms with E-state index in [9.17, 15) is 4.79 Å². The molecule has 4 heteroatoms. The van der Waals surface area contributed by atoms with Crippen LogP contribution in [0.3, 0.4) is 0 Å². The number of aromatic amines is 1. The average molecular weight is 149 g/mol. The number of hydrogen-bond donors (Lipinski definition) is 1. The molecule has 0 spiro atoms. The standard InChI is InChI=1S/C7H7N3O/c1-10-7-5(4-8-10)2-3-6(11)9-7/h2-4H,1H3,(H,9,11). The van der Waals surface area contributed by atoms with E-state index < -0.39 is 0 Å². The van der Waals surface area contributed by atoms with Crippen LogP contribution in [-0.4, -0.2) is 14.8 Å². The molecule has 0 saturated carbocycles. The van der Waals surface area contributed by atoms with Crippen LogP contribution in [-0.2, 0) is 7.05 Å². The molecule has 0 fully saturated rings. The van der Waals surface area contributed by atoms with Crippen LogP contribution in [0.5, 0.6) is 0 Å². The lowest BCUT2D eigenvalue weighted by Gasteiger charge is -1.90. The molecule has 0 radical (unpaired) electrons. The highest BCUT2D eigenvalue weighted by molar-refractivity contribution is 5.73. The molecular formula is C7H7N3O. The van der Waals surface area contributed by atoms with Crippen molar-refractivity contribution >= 4 is 11.0 Å². The summed E-state index contributed by atoms with van der Waals surface area (Å²) in [6, 6.07) is 3.24. The number of aryl methyl sites for hydroxylation is 1. The Hall–Kier alpha value is -1.58. The first-order valence-electron chi connectivity index (χ1n) is 3.28. The molecule has 0 bridgehead atoms. The zero-order chi connectivity index (χ0) is 7.84. The molecule has 0 aliphatic carbocycles. The molecule has 0 aliphatic rings. The number of aromatic nitrogens is 3. The fourth-order valence-electron chi connectivity index (χ4n) is 1.05. The number of fused-ring (bicyclic) bond motifs is 1. The van der Waals surface area contributed by atoms with Gasteiger partial charge in [-0.3, -0.25) is 9.48 Å². The Morgan fingerprint density at radius 3 is 3.18 bits per heavy atom. The molecular weight excluding hydrogens is 142 g/mol. The van der Waals surface area contributed by atoms with E-state index in [2.05, 4.69) is 10.1 Å². The molecule has 4 nitrogen and oxygen atoms in total. The Morgan fingerprint density at radius 2 is 2.36 bits per heavy atom. The normalized spacial score (nSPS) is 10.6. The van der Waals surface area contributed by atoms with E-state index >= 15 is 0 Å². The molecule has 0 saturated heterocycles. The fraction of sp³-hybridized carbons (Fsp3) is 0.143. The van der Waals surface area contributed by atoms with Crippen molar-refractivity contribution in [1.82, 2.24) is 14.8 Å². The zero-order valence-corrected chi connectivity index (χ0v) is 6.03. The Kier molecular flexibility index (Phi) is 1.09. The third-order valence-electron chi connectivity index (χ3n) is 1.62. The second-order valence-electron chi connectivity index (χ2n) is 2.39.